The Hall–Kier alpha value is -1.10. The van der Waals surface area contributed by atoms with Crippen molar-refractivity contribution >= 4 is 11.9 Å². The highest BCUT2D eigenvalue weighted by Gasteiger charge is 2.35. The number of carbonyl (C=O) groups is 2. The standard InChI is InChI=1S/C13H23NO4/c1-13(2,18-4)9-11(15)14-8-6-5-7-10(14)12(16)17-3/h10H,5-9H2,1-4H3/t10-/m1/s1. The summed E-state index contributed by atoms with van der Waals surface area (Å²) in [5.74, 6) is -0.366. The van der Waals surface area contributed by atoms with Crippen LogP contribution in [0.1, 0.15) is 39.5 Å². The van der Waals surface area contributed by atoms with Gasteiger partial charge in [0.15, 0.2) is 0 Å². The van der Waals surface area contributed by atoms with Crippen molar-refractivity contribution in [2.24, 2.45) is 0 Å². The third-order valence-electron chi connectivity index (χ3n) is 3.43. The Morgan fingerprint density at radius 1 is 1.28 bits per heavy atom. The van der Waals surface area contributed by atoms with Crippen LogP contribution in [0.25, 0.3) is 0 Å². The SMILES string of the molecule is COC(=O)[C@H]1CCCCN1C(=O)CC(C)(C)OC. The molecule has 5 heteroatoms. The van der Waals surface area contributed by atoms with E-state index in [1.807, 2.05) is 13.8 Å². The predicted octanol–water partition coefficient (Wildman–Crippen LogP) is 1.36. The van der Waals surface area contributed by atoms with Gasteiger partial charge in [-0.25, -0.2) is 4.79 Å². The number of piperidine rings is 1. The van der Waals surface area contributed by atoms with Crippen molar-refractivity contribution in [1.82, 2.24) is 4.90 Å². The second-order valence-corrected chi connectivity index (χ2v) is 5.26. The van der Waals surface area contributed by atoms with Crippen molar-refractivity contribution in [2.45, 2.75) is 51.2 Å². The topological polar surface area (TPSA) is 55.8 Å². The number of likely N-dealkylation sites (tertiary alicyclic amines) is 1. The molecule has 18 heavy (non-hydrogen) atoms. The van der Waals surface area contributed by atoms with Gasteiger partial charge in [-0.1, -0.05) is 0 Å². The maximum absolute atomic E-state index is 12.2. The first-order chi connectivity index (χ1) is 8.41. The van der Waals surface area contributed by atoms with Gasteiger partial charge in [0.1, 0.15) is 6.04 Å². The molecule has 0 aromatic carbocycles. The Kier molecular flexibility index (Phi) is 5.14. The molecule has 1 amide bonds. The number of nitrogens with zero attached hydrogens (tertiary/aromatic N) is 1. The van der Waals surface area contributed by atoms with Crippen LogP contribution in [-0.4, -0.2) is 49.2 Å². The zero-order chi connectivity index (χ0) is 13.8. The molecule has 0 saturated carbocycles. The lowest BCUT2D eigenvalue weighted by molar-refractivity contribution is -0.156. The van der Waals surface area contributed by atoms with Crippen LogP contribution in [0, 0.1) is 0 Å². The van der Waals surface area contributed by atoms with Crippen LogP contribution in [-0.2, 0) is 19.1 Å². The van der Waals surface area contributed by atoms with E-state index in [1.54, 1.807) is 12.0 Å². The van der Waals surface area contributed by atoms with Crippen LogP contribution in [0.2, 0.25) is 0 Å². The molecule has 1 rings (SSSR count). The van der Waals surface area contributed by atoms with Crippen LogP contribution in [0.15, 0.2) is 0 Å². The molecule has 0 aromatic rings. The Labute approximate surface area is 108 Å². The van der Waals surface area contributed by atoms with Gasteiger partial charge in [-0.2, -0.15) is 0 Å². The summed E-state index contributed by atoms with van der Waals surface area (Å²) in [4.78, 5) is 25.5. The van der Waals surface area contributed by atoms with E-state index in [0.717, 1.165) is 12.8 Å². The zero-order valence-electron chi connectivity index (χ0n) is 11.7. The van der Waals surface area contributed by atoms with Gasteiger partial charge >= 0.3 is 5.97 Å². The average molecular weight is 257 g/mol. The smallest absolute Gasteiger partial charge is 0.328 e. The summed E-state index contributed by atoms with van der Waals surface area (Å²) in [5, 5.41) is 0. The Morgan fingerprint density at radius 2 is 1.94 bits per heavy atom. The van der Waals surface area contributed by atoms with E-state index in [-0.39, 0.29) is 18.3 Å². The van der Waals surface area contributed by atoms with Gasteiger partial charge in [0.05, 0.1) is 19.1 Å². The maximum Gasteiger partial charge on any atom is 0.328 e. The summed E-state index contributed by atoms with van der Waals surface area (Å²) < 4.78 is 10.0. The summed E-state index contributed by atoms with van der Waals surface area (Å²) in [6.45, 7) is 4.35. The van der Waals surface area contributed by atoms with E-state index < -0.39 is 11.6 Å². The Bertz CT molecular complexity index is 314. The largest absolute Gasteiger partial charge is 0.467 e. The lowest BCUT2D eigenvalue weighted by atomic mass is 9.98. The normalized spacial score (nSPS) is 20.7. The van der Waals surface area contributed by atoms with Crippen LogP contribution in [0.5, 0.6) is 0 Å². The van der Waals surface area contributed by atoms with Gasteiger partial charge in [-0.15, -0.1) is 0 Å². The minimum absolute atomic E-state index is 0.0445. The van der Waals surface area contributed by atoms with E-state index >= 15 is 0 Å². The number of methoxy groups -OCH3 is 2. The predicted molar refractivity (Wildman–Crippen MR) is 67.1 cm³/mol. The quantitative estimate of drug-likeness (QED) is 0.713. The van der Waals surface area contributed by atoms with Gasteiger partial charge in [0.25, 0.3) is 0 Å². The molecule has 0 bridgehead atoms. The molecular weight excluding hydrogens is 234 g/mol. The molecule has 1 aliphatic rings. The Morgan fingerprint density at radius 3 is 2.50 bits per heavy atom. The molecule has 1 fully saturated rings. The number of rotatable bonds is 4. The third kappa shape index (κ3) is 3.70. The van der Waals surface area contributed by atoms with Crippen LogP contribution in [0.4, 0.5) is 0 Å². The minimum atomic E-state index is -0.505. The summed E-state index contributed by atoms with van der Waals surface area (Å²) in [6.07, 6.45) is 2.85. The van der Waals surface area contributed by atoms with Gasteiger partial charge in [0, 0.05) is 13.7 Å². The van der Waals surface area contributed by atoms with E-state index in [9.17, 15) is 9.59 Å². The van der Waals surface area contributed by atoms with E-state index in [4.69, 9.17) is 9.47 Å². The average Bonchev–Trinajstić information content (AvgIpc) is 2.37. The molecule has 0 aliphatic carbocycles. The van der Waals surface area contributed by atoms with E-state index in [2.05, 4.69) is 0 Å². The minimum Gasteiger partial charge on any atom is -0.467 e. The number of carbonyl (C=O) groups excluding carboxylic acids is 2. The van der Waals surface area contributed by atoms with Gasteiger partial charge in [0.2, 0.25) is 5.91 Å². The fourth-order valence-corrected chi connectivity index (χ4v) is 2.15. The molecule has 0 N–H and O–H groups in total. The van der Waals surface area contributed by atoms with Crippen LogP contribution in [0.3, 0.4) is 0 Å². The molecule has 5 nitrogen and oxygen atoms in total. The monoisotopic (exact) mass is 257 g/mol. The first kappa shape index (κ1) is 15.0. The summed E-state index contributed by atoms with van der Waals surface area (Å²) in [6, 6.07) is -0.427. The number of hydrogen-bond donors (Lipinski definition) is 0. The molecular formula is C13H23NO4. The summed E-state index contributed by atoms with van der Waals surface area (Å²) in [7, 11) is 2.94. The van der Waals surface area contributed by atoms with Crippen molar-refractivity contribution in [1.29, 1.82) is 0 Å². The molecule has 1 atom stereocenters. The van der Waals surface area contributed by atoms with Crippen LogP contribution >= 0.6 is 0 Å². The fraction of sp³-hybridized carbons (Fsp3) is 0.846. The highest BCUT2D eigenvalue weighted by molar-refractivity contribution is 5.85. The highest BCUT2D eigenvalue weighted by Crippen LogP contribution is 2.22. The third-order valence-corrected chi connectivity index (χ3v) is 3.43. The molecule has 1 heterocycles. The first-order valence-corrected chi connectivity index (χ1v) is 6.34. The Balaban J connectivity index is 2.71. The maximum atomic E-state index is 12.2. The second-order valence-electron chi connectivity index (χ2n) is 5.26. The zero-order valence-corrected chi connectivity index (χ0v) is 11.7. The van der Waals surface area contributed by atoms with Gasteiger partial charge in [-0.05, 0) is 33.1 Å². The molecule has 0 aromatic heterocycles. The second kappa shape index (κ2) is 6.18. The fourth-order valence-electron chi connectivity index (χ4n) is 2.15. The first-order valence-electron chi connectivity index (χ1n) is 6.34. The molecule has 1 aliphatic heterocycles. The lowest BCUT2D eigenvalue weighted by Crippen LogP contribution is -2.50. The van der Waals surface area contributed by atoms with E-state index in [1.165, 1.54) is 7.11 Å². The van der Waals surface area contributed by atoms with Crippen molar-refractivity contribution in [3.8, 4) is 0 Å². The molecule has 0 unspecified atom stereocenters. The van der Waals surface area contributed by atoms with Crippen molar-refractivity contribution in [2.75, 3.05) is 20.8 Å². The highest BCUT2D eigenvalue weighted by atomic mass is 16.5. The summed E-state index contributed by atoms with van der Waals surface area (Å²) in [5.41, 5.74) is -0.505. The van der Waals surface area contributed by atoms with Crippen molar-refractivity contribution in [3.63, 3.8) is 0 Å². The molecule has 0 spiro atoms. The molecule has 0 radical (unpaired) electrons. The van der Waals surface area contributed by atoms with Gasteiger partial charge in [-0.3, -0.25) is 4.79 Å². The molecule has 104 valence electrons. The number of ether oxygens (including phenoxy) is 2. The lowest BCUT2D eigenvalue weighted by Gasteiger charge is -2.35. The van der Waals surface area contributed by atoms with Crippen molar-refractivity contribution in [3.05, 3.63) is 0 Å². The van der Waals surface area contributed by atoms with Gasteiger partial charge < -0.3 is 14.4 Å². The number of hydrogen-bond acceptors (Lipinski definition) is 4. The number of esters is 1. The van der Waals surface area contributed by atoms with Crippen molar-refractivity contribution < 1.29 is 19.1 Å². The molecule has 1 saturated heterocycles. The van der Waals surface area contributed by atoms with E-state index in [0.29, 0.717) is 13.0 Å². The number of amides is 1. The van der Waals surface area contributed by atoms with Crippen LogP contribution < -0.4 is 0 Å². The summed E-state index contributed by atoms with van der Waals surface area (Å²) >= 11 is 0.